The molecule has 23 heavy (non-hydrogen) atoms. The molecular formula is C13H9F2NO5S2. The highest BCUT2D eigenvalue weighted by molar-refractivity contribution is 8.06. The summed E-state index contributed by atoms with van der Waals surface area (Å²) >= 11 is 0. The van der Waals surface area contributed by atoms with Crippen LogP contribution in [0.4, 0.5) is 8.78 Å². The second-order valence-electron chi connectivity index (χ2n) is 4.74. The number of rotatable bonds is 3. The minimum atomic E-state index is -6.17. The van der Waals surface area contributed by atoms with Crippen LogP contribution in [0, 0.1) is 0 Å². The topological polar surface area (TPSA) is 93.4 Å². The summed E-state index contributed by atoms with van der Waals surface area (Å²) in [5, 5.41) is 0.718. The van der Waals surface area contributed by atoms with Crippen LogP contribution in [-0.2, 0) is 20.1 Å². The predicted octanol–water partition coefficient (Wildman–Crippen LogP) is 2.41. The van der Waals surface area contributed by atoms with Gasteiger partial charge in [0.2, 0.25) is 0 Å². The van der Waals surface area contributed by atoms with Crippen LogP contribution in [0.3, 0.4) is 0 Å². The molecule has 0 unspecified atom stereocenters. The fourth-order valence-corrected chi connectivity index (χ4v) is 4.72. The molecule has 0 aliphatic heterocycles. The molecule has 0 fully saturated rings. The molecule has 3 rings (SSSR count). The smallest absolute Gasteiger partial charge is 0.280 e. The first-order valence-electron chi connectivity index (χ1n) is 6.17. The Morgan fingerprint density at radius 2 is 1.22 bits per heavy atom. The van der Waals surface area contributed by atoms with Crippen LogP contribution in [0.2, 0.25) is 0 Å². The van der Waals surface area contributed by atoms with Crippen molar-refractivity contribution in [2.24, 2.45) is 0 Å². The third-order valence-electron chi connectivity index (χ3n) is 3.38. The molecule has 10 heteroatoms. The fraction of sp³-hybridized carbons (Fsp3) is 0.0769. The first kappa shape index (κ1) is 15.8. The maximum absolute atomic E-state index is 13.9. The number of hydrogen-bond acceptors (Lipinski definition) is 4. The van der Waals surface area contributed by atoms with Crippen molar-refractivity contribution in [2.45, 2.75) is 4.59 Å². The number of hydrogen-bond donors (Lipinski definition) is 1. The average molecular weight is 361 g/mol. The SMILES string of the molecule is O=S(=O)(O)C(F)(F)S(=O)(=O)n1c2ccccc2c2ccccc21. The van der Waals surface area contributed by atoms with Gasteiger partial charge in [-0.15, -0.1) is 0 Å². The third-order valence-corrected chi connectivity index (χ3v) is 6.72. The third kappa shape index (κ3) is 2.06. The molecule has 0 aliphatic rings. The van der Waals surface area contributed by atoms with Crippen molar-refractivity contribution >= 4 is 41.9 Å². The summed E-state index contributed by atoms with van der Waals surface area (Å²) in [4.78, 5) is 0. The van der Waals surface area contributed by atoms with Gasteiger partial charge in [0, 0.05) is 10.8 Å². The zero-order chi connectivity index (χ0) is 17.0. The number of halogens is 2. The zero-order valence-electron chi connectivity index (χ0n) is 11.2. The Labute approximate surface area is 129 Å². The van der Waals surface area contributed by atoms with Crippen molar-refractivity contribution in [3.8, 4) is 0 Å². The lowest BCUT2D eigenvalue weighted by atomic mass is 10.2. The van der Waals surface area contributed by atoms with Crippen molar-refractivity contribution in [2.75, 3.05) is 0 Å². The Hall–Kier alpha value is -2.04. The van der Waals surface area contributed by atoms with E-state index in [9.17, 15) is 25.6 Å². The summed E-state index contributed by atoms with van der Waals surface area (Å²) in [7, 11) is -11.9. The molecular weight excluding hydrogens is 352 g/mol. The van der Waals surface area contributed by atoms with E-state index in [-0.39, 0.29) is 15.0 Å². The van der Waals surface area contributed by atoms with Crippen LogP contribution in [0.1, 0.15) is 0 Å². The molecule has 0 bridgehead atoms. The molecule has 0 saturated carbocycles. The summed E-state index contributed by atoms with van der Waals surface area (Å²) in [5.41, 5.74) is -0.228. The van der Waals surface area contributed by atoms with E-state index in [0.717, 1.165) is 0 Å². The summed E-state index contributed by atoms with van der Waals surface area (Å²) in [6.07, 6.45) is 0. The van der Waals surface area contributed by atoms with Crippen LogP contribution < -0.4 is 0 Å². The minimum absolute atomic E-state index is 0.114. The summed E-state index contributed by atoms with van der Waals surface area (Å²) in [6, 6.07) is 11.6. The molecule has 0 saturated heterocycles. The van der Waals surface area contributed by atoms with Crippen LogP contribution >= 0.6 is 0 Å². The average Bonchev–Trinajstić information content (AvgIpc) is 2.81. The van der Waals surface area contributed by atoms with E-state index in [1.165, 1.54) is 36.4 Å². The number of fused-ring (bicyclic) bond motifs is 3. The first-order chi connectivity index (χ1) is 10.6. The number of nitrogens with zero attached hydrogens (tertiary/aromatic N) is 1. The summed E-state index contributed by atoms with van der Waals surface area (Å²) in [6.45, 7) is 0. The fourth-order valence-electron chi connectivity index (χ4n) is 2.39. The zero-order valence-corrected chi connectivity index (χ0v) is 12.9. The molecule has 2 aromatic carbocycles. The van der Waals surface area contributed by atoms with Crippen LogP contribution in [-0.4, -0.2) is 29.9 Å². The molecule has 3 aromatic rings. The Balaban J connectivity index is 2.53. The standard InChI is InChI=1S/C13H9F2NO5S2/c14-13(15,23(19,20)21)22(17,18)16-11-7-3-1-5-9(11)10-6-2-4-8-12(10)16/h1-8H,(H,19,20,21). The largest absolute Gasteiger partial charge is 0.490 e. The molecule has 6 nitrogen and oxygen atoms in total. The van der Waals surface area contributed by atoms with Gasteiger partial charge in [-0.1, -0.05) is 36.4 Å². The van der Waals surface area contributed by atoms with E-state index in [2.05, 4.69) is 0 Å². The maximum Gasteiger partial charge on any atom is 0.490 e. The summed E-state index contributed by atoms with van der Waals surface area (Å²) in [5.74, 6) is 0. The highest BCUT2D eigenvalue weighted by atomic mass is 32.3. The van der Waals surface area contributed by atoms with Gasteiger partial charge in [0.1, 0.15) is 0 Å². The van der Waals surface area contributed by atoms with Crippen molar-refractivity contribution in [1.82, 2.24) is 3.97 Å². The molecule has 0 radical (unpaired) electrons. The first-order valence-corrected chi connectivity index (χ1v) is 9.05. The Kier molecular flexibility index (Phi) is 3.26. The van der Waals surface area contributed by atoms with Gasteiger partial charge in [-0.2, -0.15) is 25.6 Å². The lowest BCUT2D eigenvalue weighted by Gasteiger charge is -2.16. The minimum Gasteiger partial charge on any atom is -0.280 e. The van der Waals surface area contributed by atoms with E-state index in [1.54, 1.807) is 12.1 Å². The van der Waals surface area contributed by atoms with Gasteiger partial charge in [-0.05, 0) is 12.1 Å². The van der Waals surface area contributed by atoms with Gasteiger partial charge in [0.05, 0.1) is 11.0 Å². The Morgan fingerprint density at radius 3 is 1.61 bits per heavy atom. The molecule has 0 amide bonds. The van der Waals surface area contributed by atoms with E-state index in [1.807, 2.05) is 0 Å². The second kappa shape index (κ2) is 4.73. The molecule has 0 aliphatic carbocycles. The Bertz CT molecular complexity index is 1080. The number of benzene rings is 2. The van der Waals surface area contributed by atoms with Crippen LogP contribution in [0.5, 0.6) is 0 Å². The predicted molar refractivity (Wildman–Crippen MR) is 80.3 cm³/mol. The number of para-hydroxylation sites is 2. The maximum atomic E-state index is 13.9. The lowest BCUT2D eigenvalue weighted by Crippen LogP contribution is -2.40. The normalized spacial score (nSPS) is 13.7. The van der Waals surface area contributed by atoms with E-state index in [0.29, 0.717) is 10.8 Å². The highest BCUT2D eigenvalue weighted by Crippen LogP contribution is 2.36. The number of aromatic nitrogens is 1. The van der Waals surface area contributed by atoms with Gasteiger partial charge in [0.25, 0.3) is 0 Å². The molecule has 0 atom stereocenters. The Morgan fingerprint density at radius 1 is 0.826 bits per heavy atom. The summed E-state index contributed by atoms with van der Waals surface area (Å²) < 4.78 is 77.6. The molecule has 1 heterocycles. The molecule has 1 N–H and O–H groups in total. The molecule has 0 spiro atoms. The van der Waals surface area contributed by atoms with Gasteiger partial charge < -0.3 is 0 Å². The molecule has 1 aromatic heterocycles. The van der Waals surface area contributed by atoms with E-state index in [4.69, 9.17) is 4.55 Å². The van der Waals surface area contributed by atoms with E-state index >= 15 is 0 Å². The van der Waals surface area contributed by atoms with Gasteiger partial charge in [0.15, 0.2) is 0 Å². The lowest BCUT2D eigenvalue weighted by molar-refractivity contribution is 0.165. The molecule has 122 valence electrons. The van der Waals surface area contributed by atoms with Crippen molar-refractivity contribution in [1.29, 1.82) is 0 Å². The van der Waals surface area contributed by atoms with Crippen molar-refractivity contribution in [3.05, 3.63) is 48.5 Å². The van der Waals surface area contributed by atoms with E-state index < -0.39 is 24.7 Å². The van der Waals surface area contributed by atoms with Gasteiger partial charge in [-0.25, -0.2) is 3.97 Å². The number of alkyl halides is 2. The van der Waals surface area contributed by atoms with Gasteiger partial charge in [-0.3, -0.25) is 4.55 Å². The van der Waals surface area contributed by atoms with Crippen LogP contribution in [0.15, 0.2) is 48.5 Å². The van der Waals surface area contributed by atoms with Gasteiger partial charge >= 0.3 is 24.7 Å². The van der Waals surface area contributed by atoms with Crippen LogP contribution in [0.25, 0.3) is 21.8 Å². The quantitative estimate of drug-likeness (QED) is 0.723. The highest BCUT2D eigenvalue weighted by Gasteiger charge is 2.59. The van der Waals surface area contributed by atoms with Crippen molar-refractivity contribution < 1.29 is 30.2 Å². The van der Waals surface area contributed by atoms with Crippen molar-refractivity contribution in [3.63, 3.8) is 0 Å². The second-order valence-corrected chi connectivity index (χ2v) is 8.29. The monoisotopic (exact) mass is 361 g/mol.